The van der Waals surface area contributed by atoms with Crippen molar-refractivity contribution in [3.05, 3.63) is 12.7 Å². The fraction of sp³-hybridized carbons (Fsp3) is 0.692. The maximum absolute atomic E-state index is 11.8. The lowest BCUT2D eigenvalue weighted by molar-refractivity contribution is -0.144. The average Bonchev–Trinajstić information content (AvgIpc) is 2.29. The van der Waals surface area contributed by atoms with E-state index >= 15 is 0 Å². The van der Waals surface area contributed by atoms with Crippen molar-refractivity contribution in [3.8, 4) is 0 Å². The summed E-state index contributed by atoms with van der Waals surface area (Å²) in [6.07, 6.45) is 0.861. The molecule has 0 spiro atoms. The molecule has 0 aromatic rings. The van der Waals surface area contributed by atoms with Crippen LogP contribution in [0.3, 0.4) is 0 Å². The van der Waals surface area contributed by atoms with E-state index in [1.54, 1.807) is 32.5 Å². The van der Waals surface area contributed by atoms with Gasteiger partial charge in [0.25, 0.3) is 0 Å². The van der Waals surface area contributed by atoms with Crippen molar-refractivity contribution >= 4 is 23.8 Å². The summed E-state index contributed by atoms with van der Waals surface area (Å²) in [5.41, 5.74) is -0.600. The Morgan fingerprint density at radius 1 is 1.42 bits per heavy atom. The van der Waals surface area contributed by atoms with Crippen LogP contribution < -0.4 is 5.32 Å². The molecule has 0 aromatic heterocycles. The fourth-order valence-corrected chi connectivity index (χ4v) is 1.79. The Bertz CT molecular complexity index is 312. The lowest BCUT2D eigenvalue weighted by Crippen LogP contribution is -2.45. The minimum atomic E-state index is -0.709. The van der Waals surface area contributed by atoms with Gasteiger partial charge in [0.05, 0.1) is 0 Å². The normalized spacial score (nSPS) is 12.4. The SMILES string of the molecule is C=CCOC(=O)C(CSCC)NC(=O)OC(C)(C)C. The first kappa shape index (κ1) is 17.8. The first-order valence-electron chi connectivity index (χ1n) is 6.15. The number of hydrogen-bond donors (Lipinski definition) is 1. The van der Waals surface area contributed by atoms with Crippen LogP contribution in [0.2, 0.25) is 0 Å². The molecule has 1 unspecified atom stereocenters. The van der Waals surface area contributed by atoms with Crippen LogP contribution in [-0.2, 0) is 14.3 Å². The molecule has 0 aliphatic heterocycles. The molecule has 0 fully saturated rings. The molecule has 1 amide bonds. The van der Waals surface area contributed by atoms with E-state index in [9.17, 15) is 9.59 Å². The molecule has 5 nitrogen and oxygen atoms in total. The number of carbonyl (C=O) groups is 2. The highest BCUT2D eigenvalue weighted by Crippen LogP contribution is 2.09. The molecule has 1 N–H and O–H groups in total. The molecule has 19 heavy (non-hydrogen) atoms. The molecule has 110 valence electrons. The molecule has 0 saturated carbocycles. The number of ether oxygens (including phenoxy) is 2. The summed E-state index contributed by atoms with van der Waals surface area (Å²) in [7, 11) is 0. The monoisotopic (exact) mass is 289 g/mol. The molecule has 0 aliphatic carbocycles. The van der Waals surface area contributed by atoms with Gasteiger partial charge in [-0.2, -0.15) is 11.8 Å². The zero-order valence-corrected chi connectivity index (χ0v) is 12.8. The number of carbonyl (C=O) groups excluding carboxylic acids is 2. The number of thioether (sulfide) groups is 1. The first-order valence-corrected chi connectivity index (χ1v) is 7.30. The third kappa shape index (κ3) is 9.41. The third-order valence-corrected chi connectivity index (χ3v) is 2.78. The van der Waals surface area contributed by atoms with E-state index in [1.165, 1.54) is 6.08 Å². The summed E-state index contributed by atoms with van der Waals surface area (Å²) in [4.78, 5) is 23.4. The van der Waals surface area contributed by atoms with Crippen molar-refractivity contribution in [1.82, 2.24) is 5.32 Å². The Labute approximate surface area is 119 Å². The van der Waals surface area contributed by atoms with Crippen LogP contribution >= 0.6 is 11.8 Å². The second-order valence-electron chi connectivity index (χ2n) is 4.78. The second-order valence-corrected chi connectivity index (χ2v) is 6.10. The Morgan fingerprint density at radius 3 is 2.53 bits per heavy atom. The van der Waals surface area contributed by atoms with Gasteiger partial charge in [0.1, 0.15) is 18.2 Å². The van der Waals surface area contributed by atoms with Crippen molar-refractivity contribution in [2.45, 2.75) is 39.3 Å². The standard InChI is InChI=1S/C13H23NO4S/c1-6-8-17-11(15)10(9-19-7-2)14-12(16)18-13(3,4)5/h6,10H,1,7-9H2,2-5H3,(H,14,16). The zero-order chi connectivity index (χ0) is 14.9. The molecular weight excluding hydrogens is 266 g/mol. The molecular formula is C13H23NO4S. The maximum Gasteiger partial charge on any atom is 0.408 e. The van der Waals surface area contributed by atoms with Crippen molar-refractivity contribution in [1.29, 1.82) is 0 Å². The molecule has 0 rings (SSSR count). The molecule has 0 aromatic carbocycles. The highest BCUT2D eigenvalue weighted by molar-refractivity contribution is 7.99. The summed E-state index contributed by atoms with van der Waals surface area (Å²) in [6.45, 7) is 10.9. The number of alkyl carbamates (subject to hydrolysis) is 1. The van der Waals surface area contributed by atoms with Crippen LogP contribution in [0.5, 0.6) is 0 Å². The summed E-state index contributed by atoms with van der Waals surface area (Å²) in [5, 5.41) is 2.53. The molecule has 0 heterocycles. The van der Waals surface area contributed by atoms with Crippen LogP contribution in [0.25, 0.3) is 0 Å². The van der Waals surface area contributed by atoms with E-state index in [0.717, 1.165) is 5.75 Å². The van der Waals surface area contributed by atoms with Gasteiger partial charge in [-0.25, -0.2) is 9.59 Å². The maximum atomic E-state index is 11.8. The predicted molar refractivity (Wildman–Crippen MR) is 77.3 cm³/mol. The van der Waals surface area contributed by atoms with E-state index in [0.29, 0.717) is 5.75 Å². The molecule has 1 atom stereocenters. The third-order valence-electron chi connectivity index (χ3n) is 1.81. The lowest BCUT2D eigenvalue weighted by atomic mass is 10.2. The number of esters is 1. The van der Waals surface area contributed by atoms with E-state index < -0.39 is 23.7 Å². The Morgan fingerprint density at radius 2 is 2.05 bits per heavy atom. The van der Waals surface area contributed by atoms with Gasteiger partial charge >= 0.3 is 12.1 Å². The number of amides is 1. The molecule has 0 aliphatic rings. The molecule has 6 heteroatoms. The van der Waals surface area contributed by atoms with Gasteiger partial charge in [0.2, 0.25) is 0 Å². The number of hydrogen-bond acceptors (Lipinski definition) is 5. The highest BCUT2D eigenvalue weighted by Gasteiger charge is 2.25. The van der Waals surface area contributed by atoms with Crippen molar-refractivity contribution < 1.29 is 19.1 Å². The van der Waals surface area contributed by atoms with Gasteiger partial charge in [-0.05, 0) is 26.5 Å². The second kappa shape index (κ2) is 8.85. The molecule has 0 bridgehead atoms. The van der Waals surface area contributed by atoms with Crippen LogP contribution in [0, 0.1) is 0 Å². The van der Waals surface area contributed by atoms with Crippen LogP contribution in [0.1, 0.15) is 27.7 Å². The minimum absolute atomic E-state index is 0.127. The van der Waals surface area contributed by atoms with E-state index in [4.69, 9.17) is 9.47 Å². The van der Waals surface area contributed by atoms with Gasteiger partial charge in [-0.3, -0.25) is 0 Å². The van der Waals surface area contributed by atoms with Crippen LogP contribution in [0.4, 0.5) is 4.79 Å². The summed E-state index contributed by atoms with van der Waals surface area (Å²) >= 11 is 1.54. The van der Waals surface area contributed by atoms with Crippen LogP contribution in [-0.4, -0.2) is 41.8 Å². The number of rotatable bonds is 7. The van der Waals surface area contributed by atoms with Crippen molar-refractivity contribution in [3.63, 3.8) is 0 Å². The minimum Gasteiger partial charge on any atom is -0.460 e. The fourth-order valence-electron chi connectivity index (χ4n) is 1.10. The lowest BCUT2D eigenvalue weighted by Gasteiger charge is -2.22. The van der Waals surface area contributed by atoms with E-state index in [-0.39, 0.29) is 6.61 Å². The van der Waals surface area contributed by atoms with E-state index in [2.05, 4.69) is 11.9 Å². The van der Waals surface area contributed by atoms with Gasteiger partial charge in [-0.15, -0.1) is 0 Å². The summed E-state index contributed by atoms with van der Waals surface area (Å²) in [6, 6.07) is -0.709. The first-order chi connectivity index (χ1) is 8.80. The van der Waals surface area contributed by atoms with E-state index in [1.807, 2.05) is 6.92 Å². The summed E-state index contributed by atoms with van der Waals surface area (Å²) in [5.74, 6) is 0.819. The van der Waals surface area contributed by atoms with Crippen molar-refractivity contribution in [2.75, 3.05) is 18.1 Å². The highest BCUT2D eigenvalue weighted by atomic mass is 32.2. The average molecular weight is 289 g/mol. The smallest absolute Gasteiger partial charge is 0.408 e. The molecule has 0 radical (unpaired) electrons. The van der Waals surface area contributed by atoms with Gasteiger partial charge in [-0.1, -0.05) is 19.6 Å². The van der Waals surface area contributed by atoms with Crippen molar-refractivity contribution in [2.24, 2.45) is 0 Å². The summed E-state index contributed by atoms with van der Waals surface area (Å²) < 4.78 is 10.1. The van der Waals surface area contributed by atoms with Gasteiger partial charge in [0, 0.05) is 5.75 Å². The quantitative estimate of drug-likeness (QED) is 0.576. The van der Waals surface area contributed by atoms with Gasteiger partial charge < -0.3 is 14.8 Å². The Hall–Kier alpha value is -1.17. The molecule has 0 saturated heterocycles. The zero-order valence-electron chi connectivity index (χ0n) is 12.0. The number of nitrogens with one attached hydrogen (secondary N) is 1. The topological polar surface area (TPSA) is 64.6 Å². The largest absolute Gasteiger partial charge is 0.460 e. The van der Waals surface area contributed by atoms with Gasteiger partial charge in [0.15, 0.2) is 0 Å². The Balaban J connectivity index is 4.44. The Kier molecular flexibility index (Phi) is 8.30. The predicted octanol–water partition coefficient (Wildman–Crippen LogP) is 2.36. The van der Waals surface area contributed by atoms with Crippen LogP contribution in [0.15, 0.2) is 12.7 Å².